The van der Waals surface area contributed by atoms with Crippen LogP contribution in [0.5, 0.6) is 0 Å². The van der Waals surface area contributed by atoms with Crippen LogP contribution in [0.25, 0.3) is 0 Å². The minimum absolute atomic E-state index is 0.106. The third kappa shape index (κ3) is 5.94. The molecule has 2 heterocycles. The second-order valence-corrected chi connectivity index (χ2v) is 10.3. The number of benzene rings is 2. The Hall–Kier alpha value is -3.39. The zero-order valence-corrected chi connectivity index (χ0v) is 19.7. The number of nitrogens with zero attached hydrogens (tertiary/aromatic N) is 2. The summed E-state index contributed by atoms with van der Waals surface area (Å²) in [6, 6.07) is 21.3. The van der Waals surface area contributed by atoms with Gasteiger partial charge in [0.2, 0.25) is 5.91 Å². The molecule has 1 saturated heterocycles. The fourth-order valence-electron chi connectivity index (χ4n) is 4.03. The van der Waals surface area contributed by atoms with E-state index in [2.05, 4.69) is 12.1 Å². The topological polar surface area (TPSA) is 87.9 Å². The van der Waals surface area contributed by atoms with Gasteiger partial charge >= 0.3 is 0 Å². The summed E-state index contributed by atoms with van der Waals surface area (Å²) in [7, 11) is -3.56. The Morgan fingerprint density at radius 2 is 1.41 bits per heavy atom. The van der Waals surface area contributed by atoms with E-state index in [0.29, 0.717) is 32.6 Å². The van der Waals surface area contributed by atoms with Gasteiger partial charge in [-0.3, -0.25) is 9.59 Å². The molecule has 8 heteroatoms. The van der Waals surface area contributed by atoms with E-state index >= 15 is 0 Å². The smallest absolute Gasteiger partial charge is 0.289 e. The first-order valence-corrected chi connectivity index (χ1v) is 13.0. The van der Waals surface area contributed by atoms with E-state index < -0.39 is 9.84 Å². The lowest BCUT2D eigenvalue weighted by Gasteiger charge is -2.34. The van der Waals surface area contributed by atoms with Gasteiger partial charge in [0.15, 0.2) is 15.6 Å². The molecule has 0 radical (unpaired) electrons. The fourth-order valence-corrected chi connectivity index (χ4v) is 5.30. The van der Waals surface area contributed by atoms with Crippen LogP contribution in [0.15, 0.2) is 82.1 Å². The van der Waals surface area contributed by atoms with E-state index in [0.717, 1.165) is 12.8 Å². The summed E-state index contributed by atoms with van der Waals surface area (Å²) < 4.78 is 30.7. The second kappa shape index (κ2) is 10.7. The highest BCUT2D eigenvalue weighted by Gasteiger charge is 2.27. The molecule has 34 heavy (non-hydrogen) atoms. The van der Waals surface area contributed by atoms with E-state index in [4.69, 9.17) is 4.42 Å². The van der Waals surface area contributed by atoms with Gasteiger partial charge in [0.05, 0.1) is 4.90 Å². The summed E-state index contributed by atoms with van der Waals surface area (Å²) in [5, 5.41) is 0. The van der Waals surface area contributed by atoms with Crippen molar-refractivity contribution < 1.29 is 22.4 Å². The third-order valence-electron chi connectivity index (χ3n) is 5.93. The molecule has 0 spiro atoms. The minimum atomic E-state index is -3.56. The van der Waals surface area contributed by atoms with Crippen molar-refractivity contribution in [2.75, 3.05) is 26.2 Å². The zero-order chi connectivity index (χ0) is 24.0. The number of amides is 2. The van der Waals surface area contributed by atoms with Gasteiger partial charge in [-0.2, -0.15) is 0 Å². The quantitative estimate of drug-likeness (QED) is 0.492. The van der Waals surface area contributed by atoms with Gasteiger partial charge in [-0.05, 0) is 42.7 Å². The Morgan fingerprint density at radius 3 is 2.09 bits per heavy atom. The summed E-state index contributed by atoms with van der Waals surface area (Å²) in [6.07, 6.45) is 2.15. The Morgan fingerprint density at radius 1 is 0.794 bits per heavy atom. The summed E-state index contributed by atoms with van der Waals surface area (Å²) in [4.78, 5) is 29.0. The highest BCUT2D eigenvalue weighted by atomic mass is 32.2. The monoisotopic (exact) mass is 480 g/mol. The number of hydrogen-bond donors (Lipinski definition) is 0. The van der Waals surface area contributed by atoms with Gasteiger partial charge in [0.25, 0.3) is 5.91 Å². The van der Waals surface area contributed by atoms with Crippen LogP contribution in [-0.4, -0.2) is 56.2 Å². The van der Waals surface area contributed by atoms with Crippen LogP contribution in [0.3, 0.4) is 0 Å². The van der Waals surface area contributed by atoms with Crippen molar-refractivity contribution in [1.29, 1.82) is 0 Å². The van der Waals surface area contributed by atoms with Crippen LogP contribution in [0.1, 0.15) is 34.7 Å². The lowest BCUT2D eigenvalue weighted by molar-refractivity contribution is -0.132. The van der Waals surface area contributed by atoms with Crippen molar-refractivity contribution in [3.8, 4) is 0 Å². The van der Waals surface area contributed by atoms with Crippen LogP contribution in [-0.2, 0) is 26.8 Å². The van der Waals surface area contributed by atoms with Gasteiger partial charge in [0, 0.05) is 32.6 Å². The number of carbonyl (C=O) groups excluding carboxylic acids is 2. The lowest BCUT2D eigenvalue weighted by Crippen LogP contribution is -2.50. The maximum atomic E-state index is 12.8. The average molecular weight is 481 g/mol. The number of carbonyl (C=O) groups is 2. The molecule has 0 unspecified atom stereocenters. The number of aryl methyl sites for hydroxylation is 1. The molecule has 1 aromatic heterocycles. The first-order chi connectivity index (χ1) is 16.4. The Balaban J connectivity index is 1.26. The third-order valence-corrected chi connectivity index (χ3v) is 7.58. The van der Waals surface area contributed by atoms with Gasteiger partial charge in [0.1, 0.15) is 11.5 Å². The summed E-state index contributed by atoms with van der Waals surface area (Å²) in [5.74, 6) is -0.162. The van der Waals surface area contributed by atoms with E-state index in [1.807, 2.05) is 18.2 Å². The first kappa shape index (κ1) is 23.8. The van der Waals surface area contributed by atoms with E-state index in [1.54, 1.807) is 28.0 Å². The number of rotatable bonds is 8. The maximum absolute atomic E-state index is 12.8. The number of sulfone groups is 1. The average Bonchev–Trinajstić information content (AvgIpc) is 3.32. The number of hydrogen-bond acceptors (Lipinski definition) is 5. The van der Waals surface area contributed by atoms with Crippen LogP contribution < -0.4 is 0 Å². The Kier molecular flexibility index (Phi) is 7.47. The molecule has 178 valence electrons. The number of piperazine rings is 1. The molecule has 2 aromatic carbocycles. The molecule has 0 saturated carbocycles. The van der Waals surface area contributed by atoms with E-state index in [9.17, 15) is 18.0 Å². The SMILES string of the molecule is O=C(CCCc1ccccc1)N1CCN(C(=O)c2ccc(CS(=O)(=O)c3ccccc3)o2)CC1. The molecule has 4 rings (SSSR count). The van der Waals surface area contributed by atoms with Crippen LogP contribution in [0.4, 0.5) is 0 Å². The molecular weight excluding hydrogens is 452 g/mol. The van der Waals surface area contributed by atoms with Crippen LogP contribution >= 0.6 is 0 Å². The predicted octanol–water partition coefficient (Wildman–Crippen LogP) is 3.56. The molecule has 7 nitrogen and oxygen atoms in total. The van der Waals surface area contributed by atoms with Crippen molar-refractivity contribution >= 4 is 21.7 Å². The van der Waals surface area contributed by atoms with Crippen molar-refractivity contribution in [2.45, 2.75) is 29.9 Å². The van der Waals surface area contributed by atoms with Crippen molar-refractivity contribution in [1.82, 2.24) is 9.80 Å². The fraction of sp³-hybridized carbons (Fsp3) is 0.308. The highest BCUT2D eigenvalue weighted by Crippen LogP contribution is 2.19. The normalized spacial score (nSPS) is 14.2. The largest absolute Gasteiger partial charge is 0.455 e. The van der Waals surface area contributed by atoms with Crippen molar-refractivity contribution in [3.63, 3.8) is 0 Å². The van der Waals surface area contributed by atoms with Crippen LogP contribution in [0, 0.1) is 0 Å². The summed E-state index contributed by atoms with van der Waals surface area (Å²) in [6.45, 7) is 1.79. The first-order valence-electron chi connectivity index (χ1n) is 11.4. The molecule has 0 N–H and O–H groups in total. The minimum Gasteiger partial charge on any atom is -0.455 e. The Bertz CT molecular complexity index is 1210. The predicted molar refractivity (Wildman–Crippen MR) is 128 cm³/mol. The van der Waals surface area contributed by atoms with E-state index in [1.165, 1.54) is 29.8 Å². The van der Waals surface area contributed by atoms with Crippen molar-refractivity contribution in [3.05, 3.63) is 89.9 Å². The molecule has 0 aliphatic carbocycles. The van der Waals surface area contributed by atoms with Gasteiger partial charge < -0.3 is 14.2 Å². The second-order valence-electron chi connectivity index (χ2n) is 8.35. The van der Waals surface area contributed by atoms with E-state index in [-0.39, 0.29) is 34.0 Å². The molecular formula is C26H28N2O5S. The lowest BCUT2D eigenvalue weighted by atomic mass is 10.1. The number of furan rings is 1. The summed E-state index contributed by atoms with van der Waals surface area (Å²) >= 11 is 0. The maximum Gasteiger partial charge on any atom is 0.289 e. The molecule has 1 aliphatic rings. The molecule has 3 aromatic rings. The molecule has 0 bridgehead atoms. The van der Waals surface area contributed by atoms with Gasteiger partial charge in [-0.25, -0.2) is 8.42 Å². The highest BCUT2D eigenvalue weighted by molar-refractivity contribution is 7.90. The van der Waals surface area contributed by atoms with Gasteiger partial charge in [-0.15, -0.1) is 0 Å². The molecule has 1 fully saturated rings. The standard InChI is InChI=1S/C26H28N2O5S/c29-25(13-7-10-21-8-3-1-4-9-21)27-16-18-28(19-17-27)26(30)24-15-14-22(33-24)20-34(31,32)23-11-5-2-6-12-23/h1-6,8-9,11-12,14-15H,7,10,13,16-20H2. The molecule has 1 aliphatic heterocycles. The van der Waals surface area contributed by atoms with Crippen molar-refractivity contribution in [2.24, 2.45) is 0 Å². The zero-order valence-electron chi connectivity index (χ0n) is 18.9. The molecule has 2 amide bonds. The molecule has 0 atom stereocenters. The van der Waals surface area contributed by atoms with Crippen LogP contribution in [0.2, 0.25) is 0 Å². The summed E-state index contributed by atoms with van der Waals surface area (Å²) in [5.41, 5.74) is 1.22. The Labute approximate surface area is 199 Å². The van der Waals surface area contributed by atoms with Gasteiger partial charge in [-0.1, -0.05) is 48.5 Å².